The number of amides is 1. The first kappa shape index (κ1) is 18.5. The van der Waals surface area contributed by atoms with Gasteiger partial charge in [0.2, 0.25) is 5.91 Å². The predicted molar refractivity (Wildman–Crippen MR) is 113 cm³/mol. The molecular formula is C24H29N3O2. The number of aromatic nitrogens is 1. The third-order valence-corrected chi connectivity index (χ3v) is 6.75. The summed E-state index contributed by atoms with van der Waals surface area (Å²) in [5.41, 5.74) is 3.44. The molecule has 1 amide bonds. The highest BCUT2D eigenvalue weighted by molar-refractivity contribution is 5.86. The normalized spacial score (nSPS) is 19.8. The summed E-state index contributed by atoms with van der Waals surface area (Å²) >= 11 is 0. The van der Waals surface area contributed by atoms with Gasteiger partial charge < -0.3 is 14.5 Å². The zero-order valence-corrected chi connectivity index (χ0v) is 17.2. The molecule has 5 rings (SSSR count). The fraction of sp³-hybridized carbons (Fsp3) is 0.500. The second-order valence-corrected chi connectivity index (χ2v) is 8.79. The first-order chi connectivity index (χ1) is 14.2. The third-order valence-electron chi connectivity index (χ3n) is 6.75. The van der Waals surface area contributed by atoms with Gasteiger partial charge in [0.25, 0.3) is 0 Å². The van der Waals surface area contributed by atoms with Crippen LogP contribution in [0.15, 0.2) is 36.4 Å². The number of hydrogen-bond donors (Lipinski definition) is 0. The summed E-state index contributed by atoms with van der Waals surface area (Å²) in [5, 5.41) is 0. The first-order valence-electron chi connectivity index (χ1n) is 10.8. The van der Waals surface area contributed by atoms with E-state index in [4.69, 9.17) is 9.72 Å². The number of hydrogen-bond acceptors (Lipinski definition) is 4. The van der Waals surface area contributed by atoms with Gasteiger partial charge in [0, 0.05) is 31.9 Å². The minimum absolute atomic E-state index is 0.315. The maximum absolute atomic E-state index is 13.5. The van der Waals surface area contributed by atoms with Crippen molar-refractivity contribution in [3.63, 3.8) is 0 Å². The van der Waals surface area contributed by atoms with E-state index >= 15 is 0 Å². The molecule has 2 aromatic rings. The summed E-state index contributed by atoms with van der Waals surface area (Å²) in [5.74, 6) is 2.19. The zero-order chi connectivity index (χ0) is 19.8. The molecule has 5 heteroatoms. The molecule has 3 heterocycles. The Morgan fingerprint density at radius 2 is 1.93 bits per heavy atom. The maximum Gasteiger partial charge on any atom is 0.232 e. The highest BCUT2D eigenvalue weighted by Gasteiger charge is 2.51. The molecule has 2 aliphatic heterocycles. The fourth-order valence-corrected chi connectivity index (χ4v) is 5.18. The van der Waals surface area contributed by atoms with E-state index in [1.807, 2.05) is 12.1 Å². The van der Waals surface area contributed by atoms with Gasteiger partial charge in [-0.1, -0.05) is 18.2 Å². The van der Waals surface area contributed by atoms with Crippen molar-refractivity contribution in [2.45, 2.75) is 38.5 Å². The van der Waals surface area contributed by atoms with E-state index in [1.54, 1.807) is 7.11 Å². The van der Waals surface area contributed by atoms with Crippen LogP contribution in [0.5, 0.6) is 5.75 Å². The Kier molecular flexibility index (Phi) is 4.69. The number of aryl methyl sites for hydroxylation is 2. The van der Waals surface area contributed by atoms with Crippen molar-refractivity contribution in [3.05, 3.63) is 53.2 Å². The minimum atomic E-state index is -0.364. The second-order valence-electron chi connectivity index (χ2n) is 8.79. The number of fused-ring (bicyclic) bond motifs is 1. The van der Waals surface area contributed by atoms with Crippen LogP contribution in [0.3, 0.4) is 0 Å². The molecule has 0 radical (unpaired) electrons. The lowest BCUT2D eigenvalue weighted by Crippen LogP contribution is -2.65. The molecule has 152 valence electrons. The molecule has 0 spiro atoms. The number of likely N-dealkylation sites (tertiary alicyclic amines) is 1. The molecule has 2 fully saturated rings. The van der Waals surface area contributed by atoms with Crippen molar-refractivity contribution in [2.75, 3.05) is 38.2 Å². The smallest absolute Gasteiger partial charge is 0.232 e. The van der Waals surface area contributed by atoms with Crippen LogP contribution in [0.1, 0.15) is 36.1 Å². The van der Waals surface area contributed by atoms with E-state index in [1.165, 1.54) is 23.2 Å². The minimum Gasteiger partial charge on any atom is -0.497 e. The van der Waals surface area contributed by atoms with Crippen molar-refractivity contribution >= 4 is 11.7 Å². The van der Waals surface area contributed by atoms with Gasteiger partial charge in [-0.15, -0.1) is 0 Å². The molecule has 0 atom stereocenters. The largest absolute Gasteiger partial charge is 0.497 e. The van der Waals surface area contributed by atoms with Crippen LogP contribution in [0.25, 0.3) is 0 Å². The van der Waals surface area contributed by atoms with Gasteiger partial charge >= 0.3 is 0 Å². The number of rotatable bonds is 5. The van der Waals surface area contributed by atoms with Crippen LogP contribution in [0.4, 0.5) is 5.82 Å². The molecule has 0 N–H and O–H groups in total. The van der Waals surface area contributed by atoms with Crippen LogP contribution in [0.2, 0.25) is 0 Å². The molecule has 0 unspecified atom stereocenters. The number of methoxy groups -OCH3 is 1. The summed E-state index contributed by atoms with van der Waals surface area (Å²) in [6.45, 7) is 3.28. The van der Waals surface area contributed by atoms with Crippen LogP contribution in [0, 0.1) is 5.41 Å². The summed E-state index contributed by atoms with van der Waals surface area (Å²) < 4.78 is 5.40. The standard InChI is InChI=1S/C24H29N3O2/c1-29-20-8-4-6-18(14-20)15-24(23(28)26-12-2-3-13-26)16-27(17-24)22-11-10-19-7-5-9-21(19)25-22/h4,6,8,10-11,14H,2-3,5,7,9,12-13,15-17H2,1H3. The van der Waals surface area contributed by atoms with Gasteiger partial charge in [-0.2, -0.15) is 0 Å². The summed E-state index contributed by atoms with van der Waals surface area (Å²) in [6.07, 6.45) is 6.43. The molecular weight excluding hydrogens is 362 g/mol. The number of anilines is 1. The van der Waals surface area contributed by atoms with Gasteiger partial charge in [0.1, 0.15) is 11.6 Å². The van der Waals surface area contributed by atoms with E-state index in [9.17, 15) is 4.79 Å². The van der Waals surface area contributed by atoms with Gasteiger partial charge in [-0.05, 0) is 67.9 Å². The Hall–Kier alpha value is -2.56. The van der Waals surface area contributed by atoms with Crippen LogP contribution in [-0.4, -0.2) is 49.1 Å². The molecule has 1 aliphatic carbocycles. The highest BCUT2D eigenvalue weighted by atomic mass is 16.5. The lowest BCUT2D eigenvalue weighted by atomic mass is 9.73. The SMILES string of the molecule is COc1cccc(CC2(C(=O)N3CCCC3)CN(c3ccc4c(n3)CCC4)C2)c1. The van der Waals surface area contributed by atoms with Crippen molar-refractivity contribution in [1.82, 2.24) is 9.88 Å². The predicted octanol–water partition coefficient (Wildman–Crippen LogP) is 3.25. The van der Waals surface area contributed by atoms with Gasteiger partial charge in [0.15, 0.2) is 0 Å². The average Bonchev–Trinajstić information content (AvgIpc) is 3.41. The molecule has 0 saturated carbocycles. The van der Waals surface area contributed by atoms with Gasteiger partial charge in [-0.25, -0.2) is 4.98 Å². The van der Waals surface area contributed by atoms with E-state index < -0.39 is 0 Å². The fourth-order valence-electron chi connectivity index (χ4n) is 5.18. The van der Waals surface area contributed by atoms with Crippen molar-refractivity contribution in [2.24, 2.45) is 5.41 Å². The van der Waals surface area contributed by atoms with E-state index in [0.29, 0.717) is 5.91 Å². The Labute approximate surface area is 172 Å². The average molecular weight is 392 g/mol. The third kappa shape index (κ3) is 3.37. The molecule has 0 bridgehead atoms. The summed E-state index contributed by atoms with van der Waals surface area (Å²) in [6, 6.07) is 12.5. The summed E-state index contributed by atoms with van der Waals surface area (Å²) in [7, 11) is 1.69. The second kappa shape index (κ2) is 7.36. The van der Waals surface area contributed by atoms with E-state index in [-0.39, 0.29) is 5.41 Å². The Bertz CT molecular complexity index is 914. The Morgan fingerprint density at radius 1 is 1.10 bits per heavy atom. The molecule has 2 saturated heterocycles. The molecule has 5 nitrogen and oxygen atoms in total. The Balaban J connectivity index is 1.39. The van der Waals surface area contributed by atoms with E-state index in [2.05, 4.69) is 34.1 Å². The van der Waals surface area contributed by atoms with Crippen molar-refractivity contribution < 1.29 is 9.53 Å². The first-order valence-corrected chi connectivity index (χ1v) is 10.8. The number of carbonyl (C=O) groups excluding carboxylic acids is 1. The molecule has 3 aliphatic rings. The molecule has 29 heavy (non-hydrogen) atoms. The van der Waals surface area contributed by atoms with Crippen LogP contribution in [-0.2, 0) is 24.1 Å². The number of ether oxygens (including phenoxy) is 1. The molecule has 1 aromatic carbocycles. The van der Waals surface area contributed by atoms with Crippen LogP contribution >= 0.6 is 0 Å². The lowest BCUT2D eigenvalue weighted by Gasteiger charge is -2.51. The quantitative estimate of drug-likeness (QED) is 0.785. The highest BCUT2D eigenvalue weighted by Crippen LogP contribution is 2.40. The lowest BCUT2D eigenvalue weighted by molar-refractivity contribution is -0.142. The van der Waals surface area contributed by atoms with Crippen LogP contribution < -0.4 is 9.64 Å². The van der Waals surface area contributed by atoms with E-state index in [0.717, 1.165) is 69.9 Å². The Morgan fingerprint density at radius 3 is 2.72 bits per heavy atom. The monoisotopic (exact) mass is 391 g/mol. The summed E-state index contributed by atoms with van der Waals surface area (Å²) in [4.78, 5) is 22.8. The maximum atomic E-state index is 13.5. The van der Waals surface area contributed by atoms with Gasteiger partial charge in [0.05, 0.1) is 12.5 Å². The molecule has 1 aromatic heterocycles. The number of benzene rings is 1. The van der Waals surface area contributed by atoms with Crippen molar-refractivity contribution in [1.29, 1.82) is 0 Å². The van der Waals surface area contributed by atoms with Crippen molar-refractivity contribution in [3.8, 4) is 5.75 Å². The van der Waals surface area contributed by atoms with Gasteiger partial charge in [-0.3, -0.25) is 4.79 Å². The topological polar surface area (TPSA) is 45.7 Å². The number of pyridine rings is 1. The zero-order valence-electron chi connectivity index (χ0n) is 17.2. The number of carbonyl (C=O) groups is 1. The number of nitrogens with zero attached hydrogens (tertiary/aromatic N) is 3.